The van der Waals surface area contributed by atoms with Gasteiger partial charge in [-0.25, -0.2) is 9.78 Å². The Labute approximate surface area is 106 Å². The van der Waals surface area contributed by atoms with Crippen molar-refractivity contribution in [3.05, 3.63) is 18.2 Å². The number of imidazole rings is 1. The van der Waals surface area contributed by atoms with Crippen LogP contribution in [0.25, 0.3) is 0 Å². The monoisotopic (exact) mass is 409 g/mol. The molecule has 1 unspecified atom stereocenters. The Hall–Kier alpha value is -0.967. The molecule has 0 bridgehead atoms. The summed E-state index contributed by atoms with van der Waals surface area (Å²) in [5.41, 5.74) is 0.603. The number of nitrogens with zero attached hydrogens (tertiary/aromatic N) is 1. The Kier molecular flexibility index (Phi) is 6.09. The van der Waals surface area contributed by atoms with Crippen molar-refractivity contribution in [1.82, 2.24) is 15.3 Å². The van der Waals surface area contributed by atoms with Crippen LogP contribution in [0.1, 0.15) is 12.6 Å². The van der Waals surface area contributed by atoms with E-state index >= 15 is 0 Å². The second kappa shape index (κ2) is 6.50. The van der Waals surface area contributed by atoms with Crippen LogP contribution >= 0.6 is 0 Å². The summed E-state index contributed by atoms with van der Waals surface area (Å²) in [6.07, 6.45) is 3.23. The molecule has 0 saturated heterocycles. The van der Waals surface area contributed by atoms with Crippen molar-refractivity contribution in [1.29, 1.82) is 0 Å². The van der Waals surface area contributed by atoms with E-state index in [1.165, 1.54) is 13.3 Å². The van der Waals surface area contributed by atoms with E-state index in [-0.39, 0.29) is 38.5 Å². The van der Waals surface area contributed by atoms with Crippen LogP contribution in [0.4, 0.5) is 0 Å². The van der Waals surface area contributed by atoms with Crippen LogP contribution in [0.5, 0.6) is 0 Å². The number of H-pyrrole nitrogens is 1. The zero-order valence-electron chi connectivity index (χ0n) is 8.36. The number of aromatic nitrogens is 2. The molecule has 84 valence electrons. The summed E-state index contributed by atoms with van der Waals surface area (Å²) in [4.78, 5) is 28.0. The normalized spacial score (nSPS) is 11.3. The van der Waals surface area contributed by atoms with E-state index in [0.29, 0.717) is 5.69 Å². The summed E-state index contributed by atoms with van der Waals surface area (Å²) < 4.78 is 0. The number of hydrogen-bond donors (Lipinski definition) is 3. The van der Waals surface area contributed by atoms with Gasteiger partial charge in [0, 0.05) is 19.5 Å². The fraction of sp³-hybridized carbons (Fsp3) is 0.375. The molecule has 0 saturated carbocycles. The second-order valence-corrected chi connectivity index (χ2v) is 2.86. The number of carboxylic acids is 1. The van der Waals surface area contributed by atoms with E-state index in [1.54, 1.807) is 6.20 Å². The second-order valence-electron chi connectivity index (χ2n) is 2.86. The standard InChI is InChI=1S/C8H11N3O3.Bi.3H/c1-5(12)11-7(8(13)14)2-6-3-9-4-10-6;;;;/h3-4,7H,2H2,1H3,(H,9,10)(H,11,12)(H,13,14);;;;. The number of aliphatic carboxylic acids is 1. The van der Waals surface area contributed by atoms with E-state index in [9.17, 15) is 9.59 Å². The van der Waals surface area contributed by atoms with Crippen molar-refractivity contribution in [2.75, 3.05) is 0 Å². The Morgan fingerprint density at radius 1 is 1.67 bits per heavy atom. The van der Waals surface area contributed by atoms with Gasteiger partial charge in [0.25, 0.3) is 0 Å². The molecule has 15 heavy (non-hydrogen) atoms. The molecule has 1 heterocycles. The van der Waals surface area contributed by atoms with Gasteiger partial charge < -0.3 is 15.4 Å². The van der Waals surface area contributed by atoms with Gasteiger partial charge in [0.05, 0.1) is 12.0 Å². The van der Waals surface area contributed by atoms with Gasteiger partial charge in [-0.3, -0.25) is 4.79 Å². The predicted octanol–water partition coefficient (Wildman–Crippen LogP) is -1.64. The Bertz CT molecular complexity index is 326. The van der Waals surface area contributed by atoms with Crippen LogP contribution in [0.3, 0.4) is 0 Å². The molecule has 1 rings (SSSR count). The molecular weight excluding hydrogens is 395 g/mol. The molecule has 0 fully saturated rings. The van der Waals surface area contributed by atoms with Gasteiger partial charge in [-0.2, -0.15) is 0 Å². The molecule has 1 aromatic heterocycles. The van der Waals surface area contributed by atoms with Crippen molar-refractivity contribution in [3.8, 4) is 0 Å². The number of hydrogen-bond acceptors (Lipinski definition) is 3. The average Bonchev–Trinajstić information content (AvgIpc) is 2.54. The molecule has 0 aliphatic rings. The Morgan fingerprint density at radius 2 is 2.33 bits per heavy atom. The first-order chi connectivity index (χ1) is 6.59. The van der Waals surface area contributed by atoms with Crippen molar-refractivity contribution in [2.24, 2.45) is 0 Å². The minimum atomic E-state index is -1.07. The third kappa shape index (κ3) is 4.88. The Morgan fingerprint density at radius 3 is 2.73 bits per heavy atom. The molecule has 0 aliphatic heterocycles. The third-order valence-corrected chi connectivity index (χ3v) is 1.64. The summed E-state index contributed by atoms with van der Waals surface area (Å²) in [5, 5.41) is 11.1. The summed E-state index contributed by atoms with van der Waals surface area (Å²) in [6, 6.07) is -0.921. The number of carbonyl (C=O) groups excluding carboxylic acids is 1. The first kappa shape index (κ1) is 14.0. The SMILES string of the molecule is CC(=O)NC(Cc1c[nH]cn1)C(=O)O.[BiH3]. The van der Waals surface area contributed by atoms with E-state index < -0.39 is 12.0 Å². The maximum atomic E-state index is 10.7. The number of aromatic amines is 1. The summed E-state index contributed by atoms with van der Waals surface area (Å²) in [5.74, 6) is -1.43. The molecule has 0 aromatic carbocycles. The van der Waals surface area contributed by atoms with Crippen molar-refractivity contribution in [3.63, 3.8) is 0 Å². The van der Waals surface area contributed by atoms with Gasteiger partial charge in [0.2, 0.25) is 5.91 Å². The first-order valence-electron chi connectivity index (χ1n) is 4.07. The minimum absolute atomic E-state index is 0. The van der Waals surface area contributed by atoms with Crippen LogP contribution in [-0.4, -0.2) is 59.2 Å². The van der Waals surface area contributed by atoms with Gasteiger partial charge in [-0.05, 0) is 0 Å². The molecule has 1 aromatic rings. The molecule has 3 N–H and O–H groups in total. The summed E-state index contributed by atoms with van der Waals surface area (Å²) >= 11 is 0. The number of nitrogens with one attached hydrogen (secondary N) is 2. The predicted molar refractivity (Wildman–Crippen MR) is 57.5 cm³/mol. The van der Waals surface area contributed by atoms with Crippen molar-refractivity contribution < 1.29 is 14.7 Å². The van der Waals surface area contributed by atoms with Gasteiger partial charge in [0.1, 0.15) is 6.04 Å². The van der Waals surface area contributed by atoms with Crippen molar-refractivity contribution in [2.45, 2.75) is 19.4 Å². The number of carbonyl (C=O) groups is 2. The van der Waals surface area contributed by atoms with Gasteiger partial charge >= 0.3 is 32.2 Å². The van der Waals surface area contributed by atoms with Crippen LogP contribution in [-0.2, 0) is 16.0 Å². The summed E-state index contributed by atoms with van der Waals surface area (Å²) in [6.45, 7) is 1.28. The maximum absolute atomic E-state index is 10.7. The zero-order valence-corrected chi connectivity index (χ0v) is 13.9. The molecule has 1 amide bonds. The Balaban J connectivity index is 0.00000196. The molecule has 1 atom stereocenters. The van der Waals surface area contributed by atoms with Gasteiger partial charge in [-0.15, -0.1) is 0 Å². The van der Waals surface area contributed by atoms with Crippen LogP contribution in [0, 0.1) is 0 Å². The molecule has 0 aliphatic carbocycles. The quantitative estimate of drug-likeness (QED) is 0.520. The molecule has 0 spiro atoms. The summed E-state index contributed by atoms with van der Waals surface area (Å²) in [7, 11) is 0. The molecule has 6 nitrogen and oxygen atoms in total. The van der Waals surface area contributed by atoms with Gasteiger partial charge in [0.15, 0.2) is 0 Å². The number of carboxylic acid groups (broad SMARTS) is 1. The number of rotatable bonds is 4. The third-order valence-electron chi connectivity index (χ3n) is 1.64. The van der Waals surface area contributed by atoms with Crippen LogP contribution in [0.2, 0.25) is 0 Å². The van der Waals surface area contributed by atoms with Crippen molar-refractivity contribution >= 4 is 38.1 Å². The van der Waals surface area contributed by atoms with Gasteiger partial charge in [-0.1, -0.05) is 0 Å². The number of amides is 1. The fourth-order valence-electron chi connectivity index (χ4n) is 1.06. The van der Waals surface area contributed by atoms with E-state index in [2.05, 4.69) is 15.3 Å². The van der Waals surface area contributed by atoms with Crippen LogP contribution in [0.15, 0.2) is 12.5 Å². The topological polar surface area (TPSA) is 95.1 Å². The zero-order chi connectivity index (χ0) is 10.6. The average molecular weight is 409 g/mol. The molecule has 7 heteroatoms. The van der Waals surface area contributed by atoms with E-state index in [0.717, 1.165) is 0 Å². The fourth-order valence-corrected chi connectivity index (χ4v) is 1.06. The first-order valence-corrected chi connectivity index (χ1v) is 4.07. The van der Waals surface area contributed by atoms with E-state index in [1.807, 2.05) is 0 Å². The molecular formula is C8H14BiN3O3. The van der Waals surface area contributed by atoms with Crippen LogP contribution < -0.4 is 5.32 Å². The molecule has 0 radical (unpaired) electrons. The van der Waals surface area contributed by atoms with E-state index in [4.69, 9.17) is 5.11 Å².